The van der Waals surface area contributed by atoms with Crippen LogP contribution in [0.4, 0.5) is 0 Å². The van der Waals surface area contributed by atoms with E-state index in [0.29, 0.717) is 12.1 Å². The number of nitrogens with two attached hydrogens (primary N) is 1. The Balaban J connectivity index is 1.73. The highest BCUT2D eigenvalue weighted by atomic mass is 16.5. The van der Waals surface area contributed by atoms with Gasteiger partial charge in [0.25, 0.3) is 0 Å². The van der Waals surface area contributed by atoms with Crippen LogP contribution in [0.3, 0.4) is 0 Å². The van der Waals surface area contributed by atoms with Gasteiger partial charge in [0.1, 0.15) is 0 Å². The van der Waals surface area contributed by atoms with Crippen molar-refractivity contribution < 1.29 is 9.53 Å². The number of carbonyl (C=O) groups excluding carboxylic acids is 1. The van der Waals surface area contributed by atoms with Crippen molar-refractivity contribution in [2.24, 2.45) is 11.7 Å². The Hall–Kier alpha value is -0.610. The highest BCUT2D eigenvalue weighted by molar-refractivity contribution is 5.76. The van der Waals surface area contributed by atoms with E-state index in [1.165, 1.54) is 0 Å². The summed E-state index contributed by atoms with van der Waals surface area (Å²) in [5.41, 5.74) is 5.30. The summed E-state index contributed by atoms with van der Waals surface area (Å²) in [5.74, 6) is -0.0161. The highest BCUT2D eigenvalue weighted by Crippen LogP contribution is 2.30. The summed E-state index contributed by atoms with van der Waals surface area (Å²) in [7, 11) is 1.78. The zero-order valence-corrected chi connectivity index (χ0v) is 9.32. The van der Waals surface area contributed by atoms with Gasteiger partial charge in [0.15, 0.2) is 0 Å². The molecule has 1 saturated carbocycles. The molecule has 0 aromatic carbocycles. The molecule has 1 aliphatic heterocycles. The molecule has 15 heavy (non-hydrogen) atoms. The molecule has 1 saturated heterocycles. The van der Waals surface area contributed by atoms with E-state index < -0.39 is 0 Å². The van der Waals surface area contributed by atoms with Crippen molar-refractivity contribution in [1.29, 1.82) is 0 Å². The summed E-state index contributed by atoms with van der Waals surface area (Å²) in [6.07, 6.45) is 4.63. The van der Waals surface area contributed by atoms with Gasteiger partial charge in [-0.1, -0.05) is 0 Å². The molecule has 4 heteroatoms. The van der Waals surface area contributed by atoms with Gasteiger partial charge in [-0.3, -0.25) is 4.79 Å². The lowest BCUT2D eigenvalue weighted by molar-refractivity contribution is -0.124. The second-order valence-corrected chi connectivity index (χ2v) is 4.70. The highest BCUT2D eigenvalue weighted by Gasteiger charge is 2.35. The average molecular weight is 212 g/mol. The number of rotatable bonds is 3. The standard InChI is InChI=1S/C11H20N2O2/c1-15-10-6-9(7-10)13-4-2-8(3-5-13)11(12)14/h8-10H,2-7H2,1H3,(H2,12,14). The van der Waals surface area contributed by atoms with Gasteiger partial charge in [-0.15, -0.1) is 0 Å². The minimum atomic E-state index is -0.127. The third kappa shape index (κ3) is 2.32. The van der Waals surface area contributed by atoms with E-state index in [1.54, 1.807) is 7.11 Å². The molecule has 0 radical (unpaired) electrons. The molecule has 2 aliphatic rings. The number of hydrogen-bond donors (Lipinski definition) is 1. The number of carbonyl (C=O) groups is 1. The van der Waals surface area contributed by atoms with E-state index >= 15 is 0 Å². The summed E-state index contributed by atoms with van der Waals surface area (Å²) in [6.45, 7) is 2.05. The van der Waals surface area contributed by atoms with Crippen LogP contribution in [0, 0.1) is 5.92 Å². The van der Waals surface area contributed by atoms with Crippen molar-refractivity contribution in [3.63, 3.8) is 0 Å². The van der Waals surface area contributed by atoms with Gasteiger partial charge >= 0.3 is 0 Å². The smallest absolute Gasteiger partial charge is 0.220 e. The lowest BCUT2D eigenvalue weighted by Gasteiger charge is -2.44. The van der Waals surface area contributed by atoms with E-state index in [4.69, 9.17) is 10.5 Å². The van der Waals surface area contributed by atoms with E-state index in [0.717, 1.165) is 38.8 Å². The molecule has 0 spiro atoms. The fourth-order valence-electron chi connectivity index (χ4n) is 2.58. The van der Waals surface area contributed by atoms with Crippen LogP contribution < -0.4 is 5.73 Å². The molecule has 0 aromatic heterocycles. The summed E-state index contributed by atoms with van der Waals surface area (Å²) in [4.78, 5) is 13.5. The minimum absolute atomic E-state index is 0.111. The number of nitrogens with zero attached hydrogens (tertiary/aromatic N) is 1. The molecule has 1 aliphatic carbocycles. The van der Waals surface area contributed by atoms with Crippen LogP contribution in [-0.4, -0.2) is 43.2 Å². The molecule has 2 fully saturated rings. The van der Waals surface area contributed by atoms with Crippen molar-refractivity contribution in [3.05, 3.63) is 0 Å². The molecular weight excluding hydrogens is 192 g/mol. The summed E-state index contributed by atoms with van der Waals surface area (Å²) in [5, 5.41) is 0. The van der Waals surface area contributed by atoms with E-state index in [2.05, 4.69) is 4.90 Å². The van der Waals surface area contributed by atoms with E-state index in [9.17, 15) is 4.79 Å². The molecule has 1 heterocycles. The van der Waals surface area contributed by atoms with Crippen molar-refractivity contribution in [2.75, 3.05) is 20.2 Å². The molecule has 2 N–H and O–H groups in total. The van der Waals surface area contributed by atoms with Gasteiger partial charge in [-0.05, 0) is 38.8 Å². The number of hydrogen-bond acceptors (Lipinski definition) is 3. The van der Waals surface area contributed by atoms with Crippen LogP contribution in [0.2, 0.25) is 0 Å². The van der Waals surface area contributed by atoms with Crippen LogP contribution >= 0.6 is 0 Å². The first-order chi connectivity index (χ1) is 7.20. The second kappa shape index (κ2) is 4.49. The van der Waals surface area contributed by atoms with Gasteiger partial charge in [-0.2, -0.15) is 0 Å². The van der Waals surface area contributed by atoms with E-state index in [1.807, 2.05) is 0 Å². The molecule has 4 nitrogen and oxygen atoms in total. The third-order valence-electron chi connectivity index (χ3n) is 3.85. The molecule has 86 valence electrons. The summed E-state index contributed by atoms with van der Waals surface area (Å²) >= 11 is 0. The normalized spacial score (nSPS) is 33.7. The summed E-state index contributed by atoms with van der Waals surface area (Å²) < 4.78 is 5.27. The maximum atomic E-state index is 11.0. The van der Waals surface area contributed by atoms with Crippen molar-refractivity contribution in [2.45, 2.75) is 37.8 Å². The third-order valence-corrected chi connectivity index (χ3v) is 3.85. The molecule has 0 aromatic rings. The number of amides is 1. The quantitative estimate of drug-likeness (QED) is 0.735. The first kappa shape index (κ1) is 10.9. The average Bonchev–Trinajstić information content (AvgIpc) is 2.17. The lowest BCUT2D eigenvalue weighted by Crippen LogP contribution is -2.51. The number of methoxy groups -OCH3 is 1. The number of ether oxygens (including phenoxy) is 1. The van der Waals surface area contributed by atoms with Gasteiger partial charge in [0, 0.05) is 19.1 Å². The predicted octanol–water partition coefficient (Wildman–Crippen LogP) is 0.361. The topological polar surface area (TPSA) is 55.6 Å². The maximum absolute atomic E-state index is 11.0. The molecular formula is C11H20N2O2. The van der Waals surface area contributed by atoms with Crippen LogP contribution in [0.15, 0.2) is 0 Å². The molecule has 0 atom stereocenters. The van der Waals surface area contributed by atoms with Crippen LogP contribution in [-0.2, 0) is 9.53 Å². The number of primary amides is 1. The largest absolute Gasteiger partial charge is 0.381 e. The predicted molar refractivity (Wildman–Crippen MR) is 57.3 cm³/mol. The van der Waals surface area contributed by atoms with Crippen LogP contribution in [0.5, 0.6) is 0 Å². The monoisotopic (exact) mass is 212 g/mol. The van der Waals surface area contributed by atoms with Crippen molar-refractivity contribution in [3.8, 4) is 0 Å². The van der Waals surface area contributed by atoms with Crippen LogP contribution in [0.25, 0.3) is 0 Å². The lowest BCUT2D eigenvalue weighted by atomic mass is 9.85. The Morgan fingerprint density at radius 3 is 2.40 bits per heavy atom. The zero-order valence-electron chi connectivity index (χ0n) is 9.32. The zero-order chi connectivity index (χ0) is 10.8. The minimum Gasteiger partial charge on any atom is -0.381 e. The number of likely N-dealkylation sites (tertiary alicyclic amines) is 1. The molecule has 1 amide bonds. The summed E-state index contributed by atoms with van der Waals surface area (Å²) in [6, 6.07) is 0.684. The Kier molecular flexibility index (Phi) is 3.26. The molecule has 0 unspecified atom stereocenters. The Labute approximate surface area is 90.8 Å². The molecule has 0 bridgehead atoms. The maximum Gasteiger partial charge on any atom is 0.220 e. The Bertz CT molecular complexity index is 231. The Morgan fingerprint density at radius 1 is 1.33 bits per heavy atom. The van der Waals surface area contributed by atoms with Gasteiger partial charge in [0.05, 0.1) is 6.10 Å². The van der Waals surface area contributed by atoms with Crippen molar-refractivity contribution in [1.82, 2.24) is 4.90 Å². The van der Waals surface area contributed by atoms with Crippen molar-refractivity contribution >= 4 is 5.91 Å². The van der Waals surface area contributed by atoms with Gasteiger partial charge < -0.3 is 15.4 Å². The Morgan fingerprint density at radius 2 is 1.93 bits per heavy atom. The SMILES string of the molecule is COC1CC(N2CCC(C(N)=O)CC2)C1. The molecule has 2 rings (SSSR count). The number of piperidine rings is 1. The fraction of sp³-hybridized carbons (Fsp3) is 0.909. The fourth-order valence-corrected chi connectivity index (χ4v) is 2.58. The van der Waals surface area contributed by atoms with Crippen LogP contribution in [0.1, 0.15) is 25.7 Å². The first-order valence-electron chi connectivity index (χ1n) is 5.77. The van der Waals surface area contributed by atoms with Gasteiger partial charge in [0.2, 0.25) is 5.91 Å². The van der Waals surface area contributed by atoms with E-state index in [-0.39, 0.29) is 11.8 Å². The first-order valence-corrected chi connectivity index (χ1v) is 5.77. The van der Waals surface area contributed by atoms with Gasteiger partial charge in [-0.25, -0.2) is 0 Å². The second-order valence-electron chi connectivity index (χ2n) is 4.70.